The van der Waals surface area contributed by atoms with E-state index in [1.165, 1.54) is 93.3 Å². The largest absolute Gasteiger partial charge is 0.127 e. The third-order valence-electron chi connectivity index (χ3n) is 3.24. The second kappa shape index (κ2) is 15.5. The van der Waals surface area contributed by atoms with E-state index in [1.54, 1.807) is 0 Å². The molecule has 0 saturated heterocycles. The van der Waals surface area contributed by atoms with Crippen LogP contribution in [0.2, 0.25) is 6.04 Å². The molecule has 2 heteroatoms. The van der Waals surface area contributed by atoms with Crippen LogP contribution in [0.1, 0.15) is 77.0 Å². The zero-order chi connectivity index (χ0) is 11.9. The molecule has 0 aliphatic heterocycles. The zero-order valence-electron chi connectivity index (χ0n) is 11.3. The Kier molecular flexibility index (Phi) is 16.0. The van der Waals surface area contributed by atoms with Crippen molar-refractivity contribution in [2.24, 2.45) is 0 Å². The molecule has 0 bridgehead atoms. The standard InChI is InChI=1S/C14H31ClSi/c15-13-11-9-7-5-3-1-2-4-6-8-10-12-14-16/h1-14H2,16H3. The fourth-order valence-electron chi connectivity index (χ4n) is 2.11. The second-order valence-corrected chi connectivity index (χ2v) is 6.31. The van der Waals surface area contributed by atoms with Crippen LogP contribution in [0.25, 0.3) is 0 Å². The number of hydrogen-bond acceptors (Lipinski definition) is 0. The zero-order valence-corrected chi connectivity index (χ0v) is 14.0. The van der Waals surface area contributed by atoms with Crippen LogP contribution in [-0.2, 0) is 0 Å². The molecule has 0 fully saturated rings. The Morgan fingerprint density at radius 3 is 1.12 bits per heavy atom. The van der Waals surface area contributed by atoms with E-state index in [0.717, 1.165) is 5.88 Å². The van der Waals surface area contributed by atoms with Crippen LogP contribution in [0.15, 0.2) is 0 Å². The van der Waals surface area contributed by atoms with E-state index < -0.39 is 0 Å². The van der Waals surface area contributed by atoms with Crippen LogP contribution in [0.4, 0.5) is 0 Å². The molecule has 0 heterocycles. The molecule has 0 unspecified atom stereocenters. The Hall–Kier alpha value is 0.507. The molecule has 0 nitrogen and oxygen atoms in total. The van der Waals surface area contributed by atoms with Gasteiger partial charge in [0.25, 0.3) is 0 Å². The Morgan fingerprint density at radius 2 is 0.812 bits per heavy atom. The van der Waals surface area contributed by atoms with Gasteiger partial charge in [-0.1, -0.05) is 76.7 Å². The van der Waals surface area contributed by atoms with Crippen molar-refractivity contribution in [3.8, 4) is 0 Å². The smallest absolute Gasteiger partial charge is 0.0223 e. The topological polar surface area (TPSA) is 0 Å². The van der Waals surface area contributed by atoms with Crippen molar-refractivity contribution in [2.75, 3.05) is 5.88 Å². The van der Waals surface area contributed by atoms with Gasteiger partial charge in [-0.15, -0.1) is 11.6 Å². The molecule has 0 spiro atoms. The fraction of sp³-hybridized carbons (Fsp3) is 1.00. The van der Waals surface area contributed by atoms with Crippen molar-refractivity contribution in [1.82, 2.24) is 0 Å². The summed E-state index contributed by atoms with van der Waals surface area (Å²) in [7, 11) is 1.40. The Labute approximate surface area is 111 Å². The van der Waals surface area contributed by atoms with Crippen molar-refractivity contribution in [1.29, 1.82) is 0 Å². The molecular formula is C14H31ClSi. The van der Waals surface area contributed by atoms with Gasteiger partial charge in [-0.25, -0.2) is 0 Å². The van der Waals surface area contributed by atoms with E-state index in [2.05, 4.69) is 0 Å². The van der Waals surface area contributed by atoms with Crippen molar-refractivity contribution in [3.05, 3.63) is 0 Å². The molecule has 0 aromatic heterocycles. The molecule has 0 aliphatic carbocycles. The maximum Gasteiger partial charge on any atom is 0.0223 e. The summed E-state index contributed by atoms with van der Waals surface area (Å²) in [6.45, 7) is 0. The molecule has 0 saturated carbocycles. The molecule has 0 radical (unpaired) electrons. The number of alkyl halides is 1. The van der Waals surface area contributed by atoms with Gasteiger partial charge in [0.1, 0.15) is 0 Å². The van der Waals surface area contributed by atoms with E-state index in [9.17, 15) is 0 Å². The lowest BCUT2D eigenvalue weighted by Gasteiger charge is -2.02. The predicted octanol–water partition coefficient (Wildman–Crippen LogP) is 4.69. The summed E-state index contributed by atoms with van der Waals surface area (Å²) < 4.78 is 0. The molecule has 0 aromatic carbocycles. The Bertz CT molecular complexity index is 103. The van der Waals surface area contributed by atoms with Crippen LogP contribution in [-0.4, -0.2) is 16.1 Å². The highest BCUT2D eigenvalue weighted by molar-refractivity contribution is 6.17. The summed E-state index contributed by atoms with van der Waals surface area (Å²) in [5.41, 5.74) is 0. The lowest BCUT2D eigenvalue weighted by Crippen LogP contribution is -1.83. The second-order valence-electron chi connectivity index (χ2n) is 4.93. The summed E-state index contributed by atoms with van der Waals surface area (Å²) in [6, 6.07) is 1.50. The van der Waals surface area contributed by atoms with Gasteiger partial charge < -0.3 is 0 Å². The SMILES string of the molecule is [SiH3]CCCCCCCCCCCCCCCl. The van der Waals surface area contributed by atoms with Crippen LogP contribution < -0.4 is 0 Å². The summed E-state index contributed by atoms with van der Waals surface area (Å²) in [4.78, 5) is 0. The van der Waals surface area contributed by atoms with Crippen LogP contribution in [0.5, 0.6) is 0 Å². The first kappa shape index (κ1) is 16.5. The van der Waals surface area contributed by atoms with Crippen LogP contribution >= 0.6 is 11.6 Å². The third-order valence-corrected chi connectivity index (χ3v) is 4.21. The van der Waals surface area contributed by atoms with Gasteiger partial charge in [-0.3, -0.25) is 0 Å². The van der Waals surface area contributed by atoms with E-state index >= 15 is 0 Å². The quantitative estimate of drug-likeness (QED) is 0.257. The van der Waals surface area contributed by atoms with Gasteiger partial charge in [-0.2, -0.15) is 0 Å². The molecule has 0 aliphatic rings. The number of halogens is 1. The normalized spacial score (nSPS) is 11.1. The van der Waals surface area contributed by atoms with Gasteiger partial charge in [0, 0.05) is 16.1 Å². The van der Waals surface area contributed by atoms with E-state index in [0.29, 0.717) is 0 Å². The summed E-state index contributed by atoms with van der Waals surface area (Å²) in [6.07, 6.45) is 17.2. The average Bonchev–Trinajstić information content (AvgIpc) is 2.31. The van der Waals surface area contributed by atoms with E-state index in [-0.39, 0.29) is 0 Å². The number of unbranched alkanes of at least 4 members (excludes halogenated alkanes) is 11. The van der Waals surface area contributed by atoms with Crippen molar-refractivity contribution < 1.29 is 0 Å². The molecule has 0 rings (SSSR count). The maximum atomic E-state index is 5.64. The van der Waals surface area contributed by atoms with Gasteiger partial charge in [0.15, 0.2) is 0 Å². The van der Waals surface area contributed by atoms with Gasteiger partial charge >= 0.3 is 0 Å². The van der Waals surface area contributed by atoms with Crippen molar-refractivity contribution in [3.63, 3.8) is 0 Å². The number of hydrogen-bond donors (Lipinski definition) is 0. The van der Waals surface area contributed by atoms with Crippen LogP contribution in [0.3, 0.4) is 0 Å². The van der Waals surface area contributed by atoms with Crippen LogP contribution in [0, 0.1) is 0 Å². The minimum Gasteiger partial charge on any atom is -0.127 e. The first-order valence-electron chi connectivity index (χ1n) is 7.47. The summed E-state index contributed by atoms with van der Waals surface area (Å²) in [5, 5.41) is 0. The third kappa shape index (κ3) is 14.5. The predicted molar refractivity (Wildman–Crippen MR) is 80.9 cm³/mol. The average molecular weight is 263 g/mol. The highest BCUT2D eigenvalue weighted by atomic mass is 35.5. The summed E-state index contributed by atoms with van der Waals surface area (Å²) >= 11 is 5.64. The molecule has 16 heavy (non-hydrogen) atoms. The van der Waals surface area contributed by atoms with Crippen molar-refractivity contribution >= 4 is 21.8 Å². The lowest BCUT2D eigenvalue weighted by atomic mass is 10.1. The molecule has 98 valence electrons. The lowest BCUT2D eigenvalue weighted by molar-refractivity contribution is 0.548. The van der Waals surface area contributed by atoms with Gasteiger partial charge in [0.2, 0.25) is 0 Å². The maximum absolute atomic E-state index is 5.64. The monoisotopic (exact) mass is 262 g/mol. The van der Waals surface area contributed by atoms with E-state index in [1.807, 2.05) is 0 Å². The molecule has 0 atom stereocenters. The highest BCUT2D eigenvalue weighted by Gasteiger charge is 1.93. The Balaban J connectivity index is 2.83. The van der Waals surface area contributed by atoms with Gasteiger partial charge in [-0.05, 0) is 6.42 Å². The fourth-order valence-corrected chi connectivity index (χ4v) is 2.80. The molecule has 0 aromatic rings. The van der Waals surface area contributed by atoms with E-state index in [4.69, 9.17) is 11.6 Å². The summed E-state index contributed by atoms with van der Waals surface area (Å²) in [5.74, 6) is 0.847. The molecular weight excluding hydrogens is 232 g/mol. The van der Waals surface area contributed by atoms with Gasteiger partial charge in [0.05, 0.1) is 0 Å². The van der Waals surface area contributed by atoms with Crippen molar-refractivity contribution in [2.45, 2.75) is 83.1 Å². The minimum atomic E-state index is 0.847. The molecule has 0 N–H and O–H groups in total. The first-order valence-corrected chi connectivity index (χ1v) is 9.42. The molecule has 0 amide bonds. The first-order chi connectivity index (χ1) is 7.91. The Morgan fingerprint density at radius 1 is 0.500 bits per heavy atom. The minimum absolute atomic E-state index is 0.847. The highest BCUT2D eigenvalue weighted by Crippen LogP contribution is 2.12. The number of rotatable bonds is 13.